The second kappa shape index (κ2) is 5.98. The van der Waals surface area contributed by atoms with Crippen molar-refractivity contribution in [2.45, 2.75) is 6.92 Å². The minimum Gasteiger partial charge on any atom is -0.398 e. The third kappa shape index (κ3) is 3.09. The van der Waals surface area contributed by atoms with E-state index in [1.165, 1.54) is 0 Å². The highest BCUT2D eigenvalue weighted by molar-refractivity contribution is 9.10. The molecule has 0 saturated carbocycles. The zero-order chi connectivity index (χ0) is 12.4. The van der Waals surface area contributed by atoms with Crippen LogP contribution in [-0.2, 0) is 0 Å². The van der Waals surface area contributed by atoms with Crippen LogP contribution in [0.4, 0.5) is 5.69 Å². The zero-order valence-electron chi connectivity index (χ0n) is 9.68. The van der Waals surface area contributed by atoms with Crippen LogP contribution in [0, 0.1) is 6.92 Å². The summed E-state index contributed by atoms with van der Waals surface area (Å²) in [6.45, 7) is 1.85. The van der Waals surface area contributed by atoms with E-state index in [1.54, 1.807) is 24.3 Å². The highest BCUT2D eigenvalue weighted by atomic mass is 79.9. The van der Waals surface area contributed by atoms with Gasteiger partial charge in [0.1, 0.15) is 5.69 Å². The van der Waals surface area contributed by atoms with E-state index in [9.17, 15) is 4.79 Å². The summed E-state index contributed by atoms with van der Waals surface area (Å²) in [5.74, 6) is -0.160. The maximum Gasteiger partial charge on any atom is 0.213 e. The molecule has 2 N–H and O–H groups in total. The molecule has 0 aliphatic carbocycles. The molecule has 0 fully saturated rings. The molecule has 94 valence electrons. The number of rotatable bonds is 2. The van der Waals surface area contributed by atoms with Crippen molar-refractivity contribution in [2.75, 3.05) is 5.73 Å². The lowest BCUT2D eigenvalue weighted by Crippen LogP contribution is -2.07. The first-order valence-electron chi connectivity index (χ1n) is 5.11. The molecule has 2 rings (SSSR count). The fourth-order valence-electron chi connectivity index (χ4n) is 1.53. The number of carbonyl (C=O) groups is 1. The van der Waals surface area contributed by atoms with E-state index in [0.29, 0.717) is 16.9 Å². The second-order valence-corrected chi connectivity index (χ2v) is 4.64. The molecule has 1 heterocycles. The summed E-state index contributed by atoms with van der Waals surface area (Å²) in [6.07, 6.45) is 0. The van der Waals surface area contributed by atoms with E-state index in [2.05, 4.69) is 20.9 Å². The quantitative estimate of drug-likeness (QED) is 0.679. The molecule has 1 aromatic carbocycles. The van der Waals surface area contributed by atoms with Gasteiger partial charge in [-0.2, -0.15) is 0 Å². The number of hydrogen-bond donors (Lipinski definition) is 1. The second-order valence-electron chi connectivity index (χ2n) is 3.72. The van der Waals surface area contributed by atoms with Crippen molar-refractivity contribution in [2.24, 2.45) is 0 Å². The fraction of sp³-hybridized carbons (Fsp3) is 0.0769. The Morgan fingerprint density at radius 1 is 1.28 bits per heavy atom. The van der Waals surface area contributed by atoms with Gasteiger partial charge >= 0.3 is 0 Å². The predicted octanol–water partition coefficient (Wildman–Crippen LogP) is 3.39. The minimum atomic E-state index is -0.160. The van der Waals surface area contributed by atoms with Gasteiger partial charge < -0.3 is 5.73 Å². The number of nitrogens with zero attached hydrogens (tertiary/aromatic N) is 1. The molecule has 0 amide bonds. The number of nitrogen functional groups attached to an aromatic ring is 1. The maximum absolute atomic E-state index is 12.2. The lowest BCUT2D eigenvalue weighted by atomic mass is 10.1. The minimum absolute atomic E-state index is 0. The van der Waals surface area contributed by atoms with Crippen LogP contribution >= 0.6 is 28.3 Å². The summed E-state index contributed by atoms with van der Waals surface area (Å²) in [5, 5.41) is 0. The summed E-state index contributed by atoms with van der Waals surface area (Å²) in [7, 11) is 0. The number of anilines is 1. The number of pyridine rings is 1. The lowest BCUT2D eigenvalue weighted by Gasteiger charge is -2.05. The molecule has 0 radical (unpaired) electrons. The number of aromatic nitrogens is 1. The highest BCUT2D eigenvalue weighted by Gasteiger charge is 2.13. The van der Waals surface area contributed by atoms with Gasteiger partial charge in [0.05, 0.1) is 0 Å². The molecule has 0 atom stereocenters. The molecule has 0 unspecified atom stereocenters. The van der Waals surface area contributed by atoms with Crippen LogP contribution < -0.4 is 5.73 Å². The number of benzene rings is 1. The van der Waals surface area contributed by atoms with Gasteiger partial charge in [0, 0.05) is 21.4 Å². The van der Waals surface area contributed by atoms with E-state index in [1.807, 2.05) is 19.1 Å². The molecule has 1 aromatic heterocycles. The zero-order valence-corrected chi connectivity index (χ0v) is 12.1. The van der Waals surface area contributed by atoms with Gasteiger partial charge in [-0.25, -0.2) is 4.98 Å². The Hall–Kier alpha value is -1.39. The summed E-state index contributed by atoms with van der Waals surface area (Å²) in [4.78, 5) is 16.4. The van der Waals surface area contributed by atoms with Crippen molar-refractivity contribution < 1.29 is 4.79 Å². The molecule has 3 nitrogen and oxygen atoms in total. The Kier molecular flexibility index (Phi) is 4.87. The van der Waals surface area contributed by atoms with E-state index >= 15 is 0 Å². The van der Waals surface area contributed by atoms with Crippen LogP contribution in [0.25, 0.3) is 0 Å². The van der Waals surface area contributed by atoms with Crippen molar-refractivity contribution in [1.82, 2.24) is 4.98 Å². The third-order valence-corrected chi connectivity index (χ3v) is 2.87. The average Bonchev–Trinajstić information content (AvgIpc) is 2.31. The number of nitrogens with two attached hydrogens (primary N) is 1. The average molecular weight is 328 g/mol. The number of halogens is 2. The van der Waals surface area contributed by atoms with Crippen LogP contribution in [0.1, 0.15) is 21.7 Å². The lowest BCUT2D eigenvalue weighted by molar-refractivity contribution is 0.103. The first-order chi connectivity index (χ1) is 8.08. The van der Waals surface area contributed by atoms with Crippen LogP contribution in [0.15, 0.2) is 40.9 Å². The Balaban J connectivity index is 0.00000162. The first-order valence-corrected chi connectivity index (χ1v) is 5.90. The maximum atomic E-state index is 12.2. The SMILES string of the molecule is Cc1cccc(C(=O)c2cc(Br)ccc2N)n1.Cl. The number of hydrogen-bond acceptors (Lipinski definition) is 3. The van der Waals surface area contributed by atoms with Gasteiger partial charge in [-0.1, -0.05) is 22.0 Å². The Morgan fingerprint density at radius 3 is 2.67 bits per heavy atom. The van der Waals surface area contributed by atoms with E-state index < -0.39 is 0 Å². The van der Waals surface area contributed by atoms with Gasteiger partial charge in [0.2, 0.25) is 5.78 Å². The summed E-state index contributed by atoms with van der Waals surface area (Å²) >= 11 is 3.32. The number of carbonyl (C=O) groups excluding carboxylic acids is 1. The van der Waals surface area contributed by atoms with Crippen LogP contribution in [0.3, 0.4) is 0 Å². The predicted molar refractivity (Wildman–Crippen MR) is 78.2 cm³/mol. The molecule has 2 aromatic rings. The highest BCUT2D eigenvalue weighted by Crippen LogP contribution is 2.20. The summed E-state index contributed by atoms with van der Waals surface area (Å²) in [6, 6.07) is 10.6. The van der Waals surface area contributed by atoms with Crippen molar-refractivity contribution in [3.63, 3.8) is 0 Å². The van der Waals surface area contributed by atoms with Gasteiger partial charge in [0.25, 0.3) is 0 Å². The monoisotopic (exact) mass is 326 g/mol. The van der Waals surface area contributed by atoms with Crippen LogP contribution in [-0.4, -0.2) is 10.8 Å². The topological polar surface area (TPSA) is 56.0 Å². The van der Waals surface area contributed by atoms with E-state index in [4.69, 9.17) is 5.73 Å². The van der Waals surface area contributed by atoms with Gasteiger partial charge in [-0.15, -0.1) is 12.4 Å². The van der Waals surface area contributed by atoms with Crippen molar-refractivity contribution in [3.05, 3.63) is 57.8 Å². The van der Waals surface area contributed by atoms with Crippen molar-refractivity contribution in [1.29, 1.82) is 0 Å². The van der Waals surface area contributed by atoms with Crippen molar-refractivity contribution >= 4 is 39.8 Å². The molecule has 0 spiro atoms. The van der Waals surface area contributed by atoms with Gasteiger partial charge in [-0.3, -0.25) is 4.79 Å². The Morgan fingerprint density at radius 2 is 2.00 bits per heavy atom. The smallest absolute Gasteiger partial charge is 0.213 e. The van der Waals surface area contributed by atoms with Gasteiger partial charge in [-0.05, 0) is 37.3 Å². The number of aryl methyl sites for hydroxylation is 1. The fourth-order valence-corrected chi connectivity index (χ4v) is 1.89. The Bertz CT molecular complexity index is 587. The van der Waals surface area contributed by atoms with Crippen molar-refractivity contribution in [3.8, 4) is 0 Å². The first kappa shape index (κ1) is 14.7. The van der Waals surface area contributed by atoms with Gasteiger partial charge in [0.15, 0.2) is 0 Å². The van der Waals surface area contributed by atoms with Crippen LogP contribution in [0.5, 0.6) is 0 Å². The normalized spacial score (nSPS) is 9.67. The Labute approximate surface area is 120 Å². The summed E-state index contributed by atoms with van der Waals surface area (Å²) in [5.41, 5.74) is 7.95. The molecular formula is C13H12BrClN2O. The molecule has 0 saturated heterocycles. The number of ketones is 1. The molecule has 0 aliphatic rings. The largest absolute Gasteiger partial charge is 0.398 e. The van der Waals surface area contributed by atoms with E-state index in [-0.39, 0.29) is 18.2 Å². The molecule has 0 aliphatic heterocycles. The summed E-state index contributed by atoms with van der Waals surface area (Å²) < 4.78 is 0.822. The standard InChI is InChI=1S/C13H11BrN2O.ClH/c1-8-3-2-4-12(16-8)13(17)10-7-9(14)5-6-11(10)15;/h2-7H,15H2,1H3;1H. The third-order valence-electron chi connectivity index (χ3n) is 2.38. The van der Waals surface area contributed by atoms with Crippen LogP contribution in [0.2, 0.25) is 0 Å². The molecular weight excluding hydrogens is 316 g/mol. The molecule has 5 heteroatoms. The molecule has 18 heavy (non-hydrogen) atoms. The molecule has 0 bridgehead atoms. The van der Waals surface area contributed by atoms with E-state index in [0.717, 1.165) is 10.2 Å².